The molecule has 2 N–H and O–H groups in total. The van der Waals surface area contributed by atoms with Gasteiger partial charge in [0.05, 0.1) is 6.42 Å². The molecule has 0 aliphatic rings. The van der Waals surface area contributed by atoms with Gasteiger partial charge < -0.3 is 10.1 Å². The summed E-state index contributed by atoms with van der Waals surface area (Å²) < 4.78 is 6.41. The van der Waals surface area contributed by atoms with E-state index in [2.05, 4.69) is 31.8 Å². The molecule has 0 heterocycles. The standard InChI is InChI=1S/C20H21BrClN3O3/c1-13-9-16(21)5-8-18(13)28-12-20(27)25-24-14(2)10-19(26)23-11-15-3-6-17(22)7-4-15/h3-9H,10-12H2,1-2H3,(H,23,26)(H,25,27)/b24-14-. The third-order valence-electron chi connectivity index (χ3n) is 3.69. The molecule has 0 spiro atoms. The lowest BCUT2D eigenvalue weighted by Crippen LogP contribution is -2.28. The smallest absolute Gasteiger partial charge is 0.277 e. The lowest BCUT2D eigenvalue weighted by atomic mass is 10.2. The number of hydrogen-bond donors (Lipinski definition) is 2. The quantitative estimate of drug-likeness (QED) is 0.456. The molecule has 0 unspecified atom stereocenters. The van der Waals surface area contributed by atoms with Crippen LogP contribution in [-0.4, -0.2) is 24.1 Å². The van der Waals surface area contributed by atoms with Gasteiger partial charge in [-0.1, -0.05) is 39.7 Å². The molecule has 0 aromatic heterocycles. The lowest BCUT2D eigenvalue weighted by Gasteiger charge is -2.09. The van der Waals surface area contributed by atoms with Crippen LogP contribution in [-0.2, 0) is 16.1 Å². The second-order valence-electron chi connectivity index (χ2n) is 6.16. The summed E-state index contributed by atoms with van der Waals surface area (Å²) in [5, 5.41) is 7.37. The zero-order valence-electron chi connectivity index (χ0n) is 15.6. The number of hydrazone groups is 1. The van der Waals surface area contributed by atoms with E-state index in [4.69, 9.17) is 16.3 Å². The van der Waals surface area contributed by atoms with Crippen molar-refractivity contribution in [2.75, 3.05) is 6.61 Å². The fraction of sp³-hybridized carbons (Fsp3) is 0.250. The summed E-state index contributed by atoms with van der Waals surface area (Å²) in [5.41, 5.74) is 4.74. The number of amides is 2. The molecule has 2 aromatic rings. The average Bonchev–Trinajstić information content (AvgIpc) is 2.65. The van der Waals surface area contributed by atoms with E-state index in [1.165, 1.54) is 0 Å². The molecule has 28 heavy (non-hydrogen) atoms. The first-order valence-corrected chi connectivity index (χ1v) is 9.72. The Labute approximate surface area is 177 Å². The summed E-state index contributed by atoms with van der Waals surface area (Å²) in [6.45, 7) is 3.79. The highest BCUT2D eigenvalue weighted by molar-refractivity contribution is 9.10. The highest BCUT2D eigenvalue weighted by Gasteiger charge is 2.07. The average molecular weight is 467 g/mol. The number of aryl methyl sites for hydroxylation is 1. The highest BCUT2D eigenvalue weighted by Crippen LogP contribution is 2.21. The highest BCUT2D eigenvalue weighted by atomic mass is 79.9. The fourth-order valence-corrected chi connectivity index (χ4v) is 2.85. The number of halogens is 2. The van der Waals surface area contributed by atoms with Crippen molar-refractivity contribution in [1.29, 1.82) is 0 Å². The predicted molar refractivity (Wildman–Crippen MR) is 114 cm³/mol. The molecule has 2 rings (SSSR count). The van der Waals surface area contributed by atoms with Gasteiger partial charge in [-0.15, -0.1) is 0 Å². The number of carbonyl (C=O) groups is 2. The van der Waals surface area contributed by atoms with E-state index < -0.39 is 5.91 Å². The summed E-state index contributed by atoms with van der Waals surface area (Å²) in [5.74, 6) is 0.0380. The normalized spacial score (nSPS) is 11.1. The number of rotatable bonds is 8. The van der Waals surface area contributed by atoms with E-state index in [0.717, 1.165) is 15.6 Å². The van der Waals surface area contributed by atoms with Crippen LogP contribution in [0.2, 0.25) is 5.02 Å². The molecular formula is C20H21BrClN3O3. The summed E-state index contributed by atoms with van der Waals surface area (Å²) in [6.07, 6.45) is 0.0839. The zero-order valence-corrected chi connectivity index (χ0v) is 17.9. The number of nitrogens with zero attached hydrogens (tertiary/aromatic N) is 1. The number of nitrogens with one attached hydrogen (secondary N) is 2. The SMILES string of the molecule is C/C(CC(=O)NCc1ccc(Cl)cc1)=N/NC(=O)COc1ccc(Br)cc1C. The molecule has 0 fully saturated rings. The van der Waals surface area contributed by atoms with E-state index in [1.54, 1.807) is 25.1 Å². The molecule has 0 radical (unpaired) electrons. The van der Waals surface area contributed by atoms with Crippen molar-refractivity contribution in [2.24, 2.45) is 5.10 Å². The van der Waals surface area contributed by atoms with Gasteiger partial charge in [-0.3, -0.25) is 9.59 Å². The maximum Gasteiger partial charge on any atom is 0.277 e. The van der Waals surface area contributed by atoms with Crippen molar-refractivity contribution in [2.45, 2.75) is 26.8 Å². The molecule has 2 amide bonds. The van der Waals surface area contributed by atoms with Gasteiger partial charge in [0, 0.05) is 21.8 Å². The van der Waals surface area contributed by atoms with Gasteiger partial charge in [0.1, 0.15) is 5.75 Å². The summed E-state index contributed by atoms with van der Waals surface area (Å²) >= 11 is 9.20. The first-order chi connectivity index (χ1) is 13.3. The van der Waals surface area contributed by atoms with Crippen molar-refractivity contribution < 1.29 is 14.3 Å². The van der Waals surface area contributed by atoms with E-state index >= 15 is 0 Å². The van der Waals surface area contributed by atoms with Crippen molar-refractivity contribution in [3.05, 3.63) is 63.1 Å². The van der Waals surface area contributed by atoms with Crippen LogP contribution in [0.25, 0.3) is 0 Å². The van der Waals surface area contributed by atoms with Crippen molar-refractivity contribution >= 4 is 45.1 Å². The molecule has 6 nitrogen and oxygen atoms in total. The zero-order chi connectivity index (χ0) is 20.5. The lowest BCUT2D eigenvalue weighted by molar-refractivity contribution is -0.123. The fourth-order valence-electron chi connectivity index (χ4n) is 2.25. The van der Waals surface area contributed by atoms with Gasteiger partial charge in [-0.25, -0.2) is 5.43 Å². The maximum absolute atomic E-state index is 12.0. The predicted octanol–water partition coefficient (Wildman–Crippen LogP) is 3.99. The number of hydrogen-bond acceptors (Lipinski definition) is 4. The van der Waals surface area contributed by atoms with Gasteiger partial charge in [-0.2, -0.15) is 5.10 Å². The van der Waals surface area contributed by atoms with Crippen molar-refractivity contribution in [1.82, 2.24) is 10.7 Å². The van der Waals surface area contributed by atoms with Gasteiger partial charge >= 0.3 is 0 Å². The Morgan fingerprint density at radius 2 is 1.86 bits per heavy atom. The first-order valence-electron chi connectivity index (χ1n) is 8.55. The van der Waals surface area contributed by atoms with Gasteiger partial charge in [-0.05, 0) is 55.3 Å². The van der Waals surface area contributed by atoms with Crippen LogP contribution in [0.3, 0.4) is 0 Å². The van der Waals surface area contributed by atoms with Crippen LogP contribution in [0, 0.1) is 6.92 Å². The van der Waals surface area contributed by atoms with Crippen LogP contribution in [0.5, 0.6) is 5.75 Å². The summed E-state index contributed by atoms with van der Waals surface area (Å²) in [4.78, 5) is 23.8. The third-order valence-corrected chi connectivity index (χ3v) is 4.43. The summed E-state index contributed by atoms with van der Waals surface area (Å²) in [6, 6.07) is 12.7. The molecule has 0 saturated carbocycles. The van der Waals surface area contributed by atoms with Crippen molar-refractivity contribution in [3.8, 4) is 5.75 Å². The molecule has 0 atom stereocenters. The first kappa shape index (κ1) is 21.9. The van der Waals surface area contributed by atoms with E-state index in [0.29, 0.717) is 23.0 Å². The van der Waals surface area contributed by atoms with Gasteiger partial charge in [0.2, 0.25) is 5.91 Å². The minimum Gasteiger partial charge on any atom is -0.483 e. The second kappa shape index (κ2) is 10.8. The monoisotopic (exact) mass is 465 g/mol. The molecule has 2 aromatic carbocycles. The Hall–Kier alpha value is -2.38. The molecule has 0 saturated heterocycles. The Morgan fingerprint density at radius 3 is 2.54 bits per heavy atom. The van der Waals surface area contributed by atoms with E-state index in [9.17, 15) is 9.59 Å². The Bertz CT molecular complexity index is 869. The van der Waals surface area contributed by atoms with E-state index in [-0.39, 0.29) is 18.9 Å². The van der Waals surface area contributed by atoms with Gasteiger partial charge in [0.15, 0.2) is 6.61 Å². The molecule has 0 bridgehead atoms. The molecule has 0 aliphatic carbocycles. The minimum absolute atomic E-state index is 0.0839. The Kier molecular flexibility index (Phi) is 8.47. The molecule has 8 heteroatoms. The molecule has 148 valence electrons. The number of ether oxygens (including phenoxy) is 1. The van der Waals surface area contributed by atoms with E-state index in [1.807, 2.05) is 31.2 Å². The van der Waals surface area contributed by atoms with Crippen LogP contribution < -0.4 is 15.5 Å². The van der Waals surface area contributed by atoms with Gasteiger partial charge in [0.25, 0.3) is 5.91 Å². The van der Waals surface area contributed by atoms with Crippen LogP contribution in [0.1, 0.15) is 24.5 Å². The largest absolute Gasteiger partial charge is 0.483 e. The van der Waals surface area contributed by atoms with Crippen LogP contribution in [0.15, 0.2) is 52.0 Å². The Morgan fingerprint density at radius 1 is 1.14 bits per heavy atom. The topological polar surface area (TPSA) is 79.8 Å². The molecular weight excluding hydrogens is 446 g/mol. The van der Waals surface area contributed by atoms with Crippen LogP contribution >= 0.6 is 27.5 Å². The van der Waals surface area contributed by atoms with Crippen molar-refractivity contribution in [3.63, 3.8) is 0 Å². The Balaban J connectivity index is 1.72. The third kappa shape index (κ3) is 7.70. The van der Waals surface area contributed by atoms with Crippen LogP contribution in [0.4, 0.5) is 0 Å². The number of benzene rings is 2. The maximum atomic E-state index is 12.0. The summed E-state index contributed by atoms with van der Waals surface area (Å²) in [7, 11) is 0. The number of carbonyl (C=O) groups excluding carboxylic acids is 2. The second-order valence-corrected chi connectivity index (χ2v) is 7.51. The molecule has 0 aliphatic heterocycles. The minimum atomic E-state index is -0.400.